The molecule has 1 aliphatic heterocycles. The topological polar surface area (TPSA) is 102 Å². The standard InChI is InChI=1S/C16H20N4O4S/c1-5-20-10(3)15(9(2)18-20)19-25(22,23)12-6-7-13-14(8-12)24-11(4)16(21)17-13/h6-8,11,19H,5H2,1-4H3,(H,17,21). The second kappa shape index (κ2) is 6.07. The van der Waals surface area contributed by atoms with Gasteiger partial charge in [-0.15, -0.1) is 0 Å². The number of benzene rings is 1. The molecule has 0 bridgehead atoms. The largest absolute Gasteiger partial charge is 0.479 e. The zero-order chi connectivity index (χ0) is 18.4. The summed E-state index contributed by atoms with van der Waals surface area (Å²) >= 11 is 0. The lowest BCUT2D eigenvalue weighted by Crippen LogP contribution is -2.34. The van der Waals surface area contributed by atoms with Gasteiger partial charge >= 0.3 is 0 Å². The van der Waals surface area contributed by atoms with Crippen molar-refractivity contribution in [3.63, 3.8) is 0 Å². The molecule has 0 radical (unpaired) electrons. The van der Waals surface area contributed by atoms with E-state index in [1.54, 1.807) is 18.5 Å². The van der Waals surface area contributed by atoms with E-state index < -0.39 is 16.1 Å². The maximum atomic E-state index is 12.7. The van der Waals surface area contributed by atoms with Gasteiger partial charge in [0.1, 0.15) is 5.75 Å². The van der Waals surface area contributed by atoms with Gasteiger partial charge in [-0.3, -0.25) is 14.2 Å². The van der Waals surface area contributed by atoms with Crippen molar-refractivity contribution in [2.75, 3.05) is 10.0 Å². The summed E-state index contributed by atoms with van der Waals surface area (Å²) in [6.45, 7) is 7.76. The highest BCUT2D eigenvalue weighted by atomic mass is 32.2. The quantitative estimate of drug-likeness (QED) is 0.864. The van der Waals surface area contributed by atoms with Gasteiger partial charge in [-0.25, -0.2) is 8.42 Å². The number of carbonyl (C=O) groups excluding carboxylic acids is 1. The Hall–Kier alpha value is -2.55. The molecule has 0 saturated heterocycles. The van der Waals surface area contributed by atoms with Crippen molar-refractivity contribution in [2.45, 2.75) is 45.2 Å². The Balaban J connectivity index is 1.95. The molecule has 2 heterocycles. The molecule has 1 aromatic carbocycles. The first-order valence-electron chi connectivity index (χ1n) is 7.91. The highest BCUT2D eigenvalue weighted by Gasteiger charge is 2.26. The van der Waals surface area contributed by atoms with Crippen molar-refractivity contribution < 1.29 is 17.9 Å². The number of rotatable bonds is 4. The second-order valence-corrected chi connectivity index (χ2v) is 7.56. The molecule has 25 heavy (non-hydrogen) atoms. The Morgan fingerprint density at radius 2 is 2.08 bits per heavy atom. The third-order valence-electron chi connectivity index (χ3n) is 4.11. The summed E-state index contributed by atoms with van der Waals surface area (Å²) in [5, 5.41) is 6.99. The number of aromatic nitrogens is 2. The minimum atomic E-state index is -3.81. The van der Waals surface area contributed by atoms with Crippen LogP contribution in [0.2, 0.25) is 0 Å². The fourth-order valence-corrected chi connectivity index (χ4v) is 3.89. The van der Waals surface area contributed by atoms with Crippen molar-refractivity contribution in [3.05, 3.63) is 29.6 Å². The number of carbonyl (C=O) groups is 1. The van der Waals surface area contributed by atoms with Crippen LogP contribution in [-0.2, 0) is 21.4 Å². The number of nitrogens with one attached hydrogen (secondary N) is 2. The minimum Gasteiger partial charge on any atom is -0.479 e. The third-order valence-corrected chi connectivity index (χ3v) is 5.46. The predicted molar refractivity (Wildman–Crippen MR) is 93.3 cm³/mol. The molecule has 1 unspecified atom stereocenters. The average molecular weight is 364 g/mol. The van der Waals surface area contributed by atoms with Gasteiger partial charge in [-0.1, -0.05) is 0 Å². The molecule has 134 valence electrons. The second-order valence-electron chi connectivity index (χ2n) is 5.87. The molecule has 0 fully saturated rings. The summed E-state index contributed by atoms with van der Waals surface area (Å²) in [7, 11) is -3.81. The van der Waals surface area contributed by atoms with Crippen LogP contribution in [0.3, 0.4) is 0 Å². The molecule has 2 N–H and O–H groups in total. The predicted octanol–water partition coefficient (Wildman–Crippen LogP) is 2.04. The van der Waals surface area contributed by atoms with E-state index in [-0.39, 0.29) is 10.8 Å². The molecule has 1 amide bonds. The zero-order valence-corrected chi connectivity index (χ0v) is 15.3. The van der Waals surface area contributed by atoms with E-state index in [1.165, 1.54) is 18.2 Å². The maximum absolute atomic E-state index is 12.7. The number of aryl methyl sites for hydroxylation is 2. The Labute approximate surface area is 146 Å². The van der Waals surface area contributed by atoms with E-state index in [0.717, 1.165) is 5.69 Å². The van der Waals surface area contributed by atoms with Crippen LogP contribution in [0.5, 0.6) is 5.75 Å². The Bertz CT molecular complexity index is 949. The van der Waals surface area contributed by atoms with Crippen LogP contribution in [0.25, 0.3) is 0 Å². The first-order chi connectivity index (χ1) is 11.7. The van der Waals surface area contributed by atoms with E-state index in [1.807, 2.05) is 13.8 Å². The van der Waals surface area contributed by atoms with Crippen molar-refractivity contribution in [2.24, 2.45) is 0 Å². The van der Waals surface area contributed by atoms with E-state index in [0.29, 0.717) is 29.4 Å². The molecule has 0 aliphatic carbocycles. The van der Waals surface area contributed by atoms with E-state index >= 15 is 0 Å². The van der Waals surface area contributed by atoms with Crippen molar-refractivity contribution in [1.29, 1.82) is 0 Å². The van der Waals surface area contributed by atoms with Crippen molar-refractivity contribution in [3.8, 4) is 5.75 Å². The Morgan fingerprint density at radius 1 is 1.36 bits per heavy atom. The first-order valence-corrected chi connectivity index (χ1v) is 9.39. The number of amides is 1. The van der Waals surface area contributed by atoms with Gasteiger partial charge in [0.15, 0.2) is 6.10 Å². The smallest absolute Gasteiger partial charge is 0.265 e. The average Bonchev–Trinajstić information content (AvgIpc) is 2.82. The molecular weight excluding hydrogens is 344 g/mol. The zero-order valence-electron chi connectivity index (χ0n) is 14.5. The lowest BCUT2D eigenvalue weighted by atomic mass is 10.2. The van der Waals surface area contributed by atoms with Crippen LogP contribution in [0.4, 0.5) is 11.4 Å². The molecule has 0 saturated carbocycles. The fraction of sp³-hybridized carbons (Fsp3) is 0.375. The molecule has 1 atom stereocenters. The number of ether oxygens (including phenoxy) is 1. The van der Waals surface area contributed by atoms with Crippen LogP contribution in [0.1, 0.15) is 25.2 Å². The normalized spacial score (nSPS) is 16.8. The molecule has 8 nitrogen and oxygen atoms in total. The number of nitrogens with zero attached hydrogens (tertiary/aromatic N) is 2. The van der Waals surface area contributed by atoms with E-state index in [9.17, 15) is 13.2 Å². The number of sulfonamides is 1. The molecular formula is C16H20N4O4S. The summed E-state index contributed by atoms with van der Waals surface area (Å²) in [4.78, 5) is 11.7. The van der Waals surface area contributed by atoms with Crippen LogP contribution < -0.4 is 14.8 Å². The van der Waals surface area contributed by atoms with Crippen LogP contribution in [0.15, 0.2) is 23.1 Å². The van der Waals surface area contributed by atoms with Crippen LogP contribution >= 0.6 is 0 Å². The van der Waals surface area contributed by atoms with Gasteiger partial charge in [0.25, 0.3) is 15.9 Å². The third kappa shape index (κ3) is 3.07. The summed E-state index contributed by atoms with van der Waals surface area (Å²) < 4.78 is 35.3. The fourth-order valence-electron chi connectivity index (χ4n) is 2.69. The highest BCUT2D eigenvalue weighted by Crippen LogP contribution is 2.33. The molecule has 1 aliphatic rings. The van der Waals surface area contributed by atoms with Gasteiger partial charge in [0, 0.05) is 12.6 Å². The molecule has 9 heteroatoms. The van der Waals surface area contributed by atoms with Crippen molar-refractivity contribution in [1.82, 2.24) is 9.78 Å². The van der Waals surface area contributed by atoms with Crippen molar-refractivity contribution >= 4 is 27.3 Å². The number of fused-ring (bicyclic) bond motifs is 1. The monoisotopic (exact) mass is 364 g/mol. The number of anilines is 2. The Kier molecular flexibility index (Phi) is 4.19. The lowest BCUT2D eigenvalue weighted by Gasteiger charge is -2.23. The van der Waals surface area contributed by atoms with Gasteiger partial charge in [0.05, 0.1) is 27.7 Å². The van der Waals surface area contributed by atoms with Gasteiger partial charge in [-0.2, -0.15) is 5.10 Å². The first kappa shape index (κ1) is 17.3. The number of hydrogen-bond acceptors (Lipinski definition) is 5. The highest BCUT2D eigenvalue weighted by molar-refractivity contribution is 7.92. The van der Waals surface area contributed by atoms with E-state index in [2.05, 4.69) is 15.1 Å². The molecule has 0 spiro atoms. The Morgan fingerprint density at radius 3 is 2.72 bits per heavy atom. The number of hydrogen-bond donors (Lipinski definition) is 2. The summed E-state index contributed by atoms with van der Waals surface area (Å²) in [5.74, 6) is 0.0622. The maximum Gasteiger partial charge on any atom is 0.265 e. The lowest BCUT2D eigenvalue weighted by molar-refractivity contribution is -0.122. The van der Waals surface area contributed by atoms with Gasteiger partial charge in [0.2, 0.25) is 0 Å². The molecule has 3 rings (SSSR count). The molecule has 2 aromatic rings. The van der Waals surface area contributed by atoms with Crippen LogP contribution in [-0.4, -0.2) is 30.2 Å². The summed E-state index contributed by atoms with van der Waals surface area (Å²) in [6.07, 6.45) is -0.675. The molecule has 1 aromatic heterocycles. The summed E-state index contributed by atoms with van der Waals surface area (Å²) in [6, 6.07) is 4.35. The van der Waals surface area contributed by atoms with Crippen LogP contribution in [0, 0.1) is 13.8 Å². The van der Waals surface area contributed by atoms with Gasteiger partial charge in [-0.05, 0) is 39.8 Å². The minimum absolute atomic E-state index is 0.0534. The SMILES string of the molecule is CCn1nc(C)c(NS(=O)(=O)c2ccc3c(c2)OC(C)C(=O)N3)c1C. The van der Waals surface area contributed by atoms with Gasteiger partial charge < -0.3 is 10.1 Å². The summed E-state index contributed by atoms with van der Waals surface area (Å²) in [5.41, 5.74) is 2.28. The van der Waals surface area contributed by atoms with E-state index in [4.69, 9.17) is 4.74 Å².